The van der Waals surface area contributed by atoms with E-state index in [4.69, 9.17) is 0 Å². The van der Waals surface area contributed by atoms with Crippen molar-refractivity contribution in [2.45, 2.75) is 53.0 Å². The van der Waals surface area contributed by atoms with E-state index in [0.717, 1.165) is 11.0 Å². The van der Waals surface area contributed by atoms with Gasteiger partial charge in [0.25, 0.3) is 0 Å². The SMILES string of the molecule is CCCNC(C)C(c1ncc(Br)cc1C)C(C)C. The molecule has 0 bridgehead atoms. The predicted octanol–water partition coefficient (Wildman–Crippen LogP) is 4.28. The maximum absolute atomic E-state index is 4.64. The van der Waals surface area contributed by atoms with Crippen molar-refractivity contribution in [3.8, 4) is 0 Å². The van der Waals surface area contributed by atoms with Gasteiger partial charge in [0.2, 0.25) is 0 Å². The van der Waals surface area contributed by atoms with Crippen LogP contribution in [0.3, 0.4) is 0 Å². The van der Waals surface area contributed by atoms with Crippen LogP contribution in [0.2, 0.25) is 0 Å². The lowest BCUT2D eigenvalue weighted by Gasteiger charge is -2.29. The number of aromatic nitrogens is 1. The van der Waals surface area contributed by atoms with E-state index in [1.807, 2.05) is 6.20 Å². The van der Waals surface area contributed by atoms with Gasteiger partial charge in [-0.2, -0.15) is 0 Å². The molecule has 1 aromatic heterocycles. The van der Waals surface area contributed by atoms with Crippen molar-refractivity contribution in [1.29, 1.82) is 0 Å². The summed E-state index contributed by atoms with van der Waals surface area (Å²) in [7, 11) is 0. The Bertz CT molecular complexity index is 377. The molecule has 0 aliphatic heterocycles. The maximum Gasteiger partial charge on any atom is 0.0482 e. The molecule has 1 N–H and O–H groups in total. The summed E-state index contributed by atoms with van der Waals surface area (Å²) in [6.07, 6.45) is 3.08. The van der Waals surface area contributed by atoms with Crippen molar-refractivity contribution in [3.05, 3.63) is 28.0 Å². The molecule has 2 atom stereocenters. The van der Waals surface area contributed by atoms with E-state index < -0.39 is 0 Å². The van der Waals surface area contributed by atoms with Crippen LogP contribution in [0.4, 0.5) is 0 Å². The normalized spacial score (nSPS) is 14.8. The van der Waals surface area contributed by atoms with E-state index >= 15 is 0 Å². The molecule has 0 fully saturated rings. The first-order valence-electron chi connectivity index (χ1n) is 6.82. The molecule has 1 aromatic rings. The third-order valence-corrected chi connectivity index (χ3v) is 3.81. The summed E-state index contributed by atoms with van der Waals surface area (Å²) >= 11 is 3.48. The summed E-state index contributed by atoms with van der Waals surface area (Å²) in [6.45, 7) is 12.2. The van der Waals surface area contributed by atoms with Crippen molar-refractivity contribution >= 4 is 15.9 Å². The van der Waals surface area contributed by atoms with Gasteiger partial charge in [0.15, 0.2) is 0 Å². The van der Waals surface area contributed by atoms with Crippen molar-refractivity contribution in [2.24, 2.45) is 5.92 Å². The number of nitrogens with zero attached hydrogens (tertiary/aromatic N) is 1. The zero-order valence-corrected chi connectivity index (χ0v) is 13.7. The predicted molar refractivity (Wildman–Crippen MR) is 82.0 cm³/mol. The lowest BCUT2D eigenvalue weighted by Crippen LogP contribution is -2.36. The smallest absolute Gasteiger partial charge is 0.0482 e. The number of aryl methyl sites for hydroxylation is 1. The second-order valence-corrected chi connectivity index (χ2v) is 6.28. The van der Waals surface area contributed by atoms with E-state index in [0.29, 0.717) is 17.9 Å². The highest BCUT2D eigenvalue weighted by molar-refractivity contribution is 9.10. The molecule has 0 amide bonds. The molecule has 0 saturated carbocycles. The van der Waals surface area contributed by atoms with Crippen LogP contribution in [0.1, 0.15) is 51.3 Å². The quantitative estimate of drug-likeness (QED) is 0.848. The summed E-state index contributed by atoms with van der Waals surface area (Å²) in [6, 6.07) is 2.61. The maximum atomic E-state index is 4.64. The van der Waals surface area contributed by atoms with Crippen molar-refractivity contribution in [1.82, 2.24) is 10.3 Å². The second kappa shape index (κ2) is 7.25. The van der Waals surface area contributed by atoms with Gasteiger partial charge in [-0.05, 0) is 60.3 Å². The van der Waals surface area contributed by atoms with Gasteiger partial charge >= 0.3 is 0 Å². The largest absolute Gasteiger partial charge is 0.314 e. The molecule has 0 aliphatic rings. The number of pyridine rings is 1. The average Bonchev–Trinajstić information content (AvgIpc) is 2.29. The van der Waals surface area contributed by atoms with E-state index in [2.05, 4.69) is 66.9 Å². The van der Waals surface area contributed by atoms with Gasteiger partial charge in [0.05, 0.1) is 0 Å². The average molecular weight is 313 g/mol. The van der Waals surface area contributed by atoms with Crippen molar-refractivity contribution in [2.75, 3.05) is 6.54 Å². The molecule has 2 unspecified atom stereocenters. The highest BCUT2D eigenvalue weighted by Crippen LogP contribution is 2.29. The summed E-state index contributed by atoms with van der Waals surface area (Å²) in [5.41, 5.74) is 2.50. The van der Waals surface area contributed by atoms with E-state index in [1.165, 1.54) is 17.7 Å². The van der Waals surface area contributed by atoms with E-state index in [9.17, 15) is 0 Å². The molecule has 1 heterocycles. The lowest BCUT2D eigenvalue weighted by atomic mass is 9.84. The van der Waals surface area contributed by atoms with Crippen molar-refractivity contribution in [3.63, 3.8) is 0 Å². The molecule has 0 spiro atoms. The van der Waals surface area contributed by atoms with Crippen LogP contribution in [0.5, 0.6) is 0 Å². The van der Waals surface area contributed by atoms with Gasteiger partial charge < -0.3 is 5.32 Å². The minimum absolute atomic E-state index is 0.456. The number of halogens is 1. The lowest BCUT2D eigenvalue weighted by molar-refractivity contribution is 0.370. The van der Waals surface area contributed by atoms with Crippen LogP contribution in [0.15, 0.2) is 16.7 Å². The standard InChI is InChI=1S/C15H25BrN2/c1-6-7-17-12(5)14(10(2)3)15-11(4)8-13(16)9-18-15/h8-10,12,14,17H,6-7H2,1-5H3. The Morgan fingerprint density at radius 1 is 1.33 bits per heavy atom. The zero-order chi connectivity index (χ0) is 13.7. The molecule has 0 aliphatic carbocycles. The topological polar surface area (TPSA) is 24.9 Å². The Balaban J connectivity index is 2.97. The van der Waals surface area contributed by atoms with Gasteiger partial charge in [0, 0.05) is 28.3 Å². The second-order valence-electron chi connectivity index (χ2n) is 5.37. The fourth-order valence-corrected chi connectivity index (χ4v) is 2.97. The Morgan fingerprint density at radius 2 is 2.00 bits per heavy atom. The Hall–Kier alpha value is -0.410. The molecular weight excluding hydrogens is 288 g/mol. The highest BCUT2D eigenvalue weighted by Gasteiger charge is 2.25. The first kappa shape index (κ1) is 15.6. The molecular formula is C15H25BrN2. The summed E-state index contributed by atoms with van der Waals surface area (Å²) in [4.78, 5) is 4.64. The van der Waals surface area contributed by atoms with Gasteiger partial charge in [-0.15, -0.1) is 0 Å². The van der Waals surface area contributed by atoms with E-state index in [1.54, 1.807) is 0 Å². The number of nitrogens with one attached hydrogen (secondary N) is 1. The monoisotopic (exact) mass is 312 g/mol. The third kappa shape index (κ3) is 4.06. The Labute approximate surface area is 120 Å². The van der Waals surface area contributed by atoms with E-state index in [-0.39, 0.29) is 0 Å². The van der Waals surface area contributed by atoms with Crippen LogP contribution >= 0.6 is 15.9 Å². The van der Waals surface area contributed by atoms with Gasteiger partial charge in [-0.1, -0.05) is 20.8 Å². The molecule has 3 heteroatoms. The summed E-state index contributed by atoms with van der Waals surface area (Å²) in [5.74, 6) is 1.04. The van der Waals surface area contributed by atoms with Gasteiger partial charge in [-0.25, -0.2) is 0 Å². The molecule has 0 radical (unpaired) electrons. The minimum atomic E-state index is 0.456. The molecule has 102 valence electrons. The number of hydrogen-bond donors (Lipinski definition) is 1. The minimum Gasteiger partial charge on any atom is -0.314 e. The first-order valence-corrected chi connectivity index (χ1v) is 7.62. The van der Waals surface area contributed by atoms with Gasteiger partial charge in [0.1, 0.15) is 0 Å². The molecule has 0 saturated heterocycles. The van der Waals surface area contributed by atoms with Crippen LogP contribution in [-0.4, -0.2) is 17.6 Å². The first-order chi connectivity index (χ1) is 8.47. The molecule has 18 heavy (non-hydrogen) atoms. The van der Waals surface area contributed by atoms with Crippen LogP contribution in [0.25, 0.3) is 0 Å². The summed E-state index contributed by atoms with van der Waals surface area (Å²) in [5, 5.41) is 3.60. The fraction of sp³-hybridized carbons (Fsp3) is 0.667. The molecule has 0 aromatic carbocycles. The Morgan fingerprint density at radius 3 is 2.50 bits per heavy atom. The van der Waals surface area contributed by atoms with Crippen molar-refractivity contribution < 1.29 is 0 Å². The fourth-order valence-electron chi connectivity index (χ4n) is 2.53. The van der Waals surface area contributed by atoms with Crippen LogP contribution in [-0.2, 0) is 0 Å². The number of hydrogen-bond acceptors (Lipinski definition) is 2. The van der Waals surface area contributed by atoms with Crippen LogP contribution in [0, 0.1) is 12.8 Å². The third-order valence-electron chi connectivity index (χ3n) is 3.37. The number of rotatable bonds is 6. The molecule has 2 nitrogen and oxygen atoms in total. The van der Waals surface area contributed by atoms with Gasteiger partial charge in [-0.3, -0.25) is 4.98 Å². The highest BCUT2D eigenvalue weighted by atomic mass is 79.9. The molecule has 1 rings (SSSR count). The summed E-state index contributed by atoms with van der Waals surface area (Å²) < 4.78 is 1.06. The van der Waals surface area contributed by atoms with Crippen LogP contribution < -0.4 is 5.32 Å². The Kier molecular flexibility index (Phi) is 6.30. The zero-order valence-electron chi connectivity index (χ0n) is 12.1.